The van der Waals surface area contributed by atoms with Crippen LogP contribution in [0.4, 0.5) is 17.1 Å². The quantitative estimate of drug-likeness (QED) is 0.535. The van der Waals surface area contributed by atoms with Crippen LogP contribution < -0.4 is 5.32 Å². The maximum Gasteiger partial charge on any atom is 0.296 e. The van der Waals surface area contributed by atoms with Gasteiger partial charge in [0.1, 0.15) is 0 Å². The Morgan fingerprint density at radius 3 is 2.73 bits per heavy atom. The predicted octanol–water partition coefficient (Wildman–Crippen LogP) is 3.40. The summed E-state index contributed by atoms with van der Waals surface area (Å²) in [5.74, 6) is 0. The second kappa shape index (κ2) is 5.64. The minimum absolute atomic E-state index is 0.00782. The van der Waals surface area contributed by atoms with Gasteiger partial charge in [-0.05, 0) is 18.6 Å². The number of aryl methyl sites for hydroxylation is 1. The highest BCUT2D eigenvalue weighted by molar-refractivity contribution is 6.18. The number of rotatable bonds is 3. The Bertz CT molecular complexity index is 774. The van der Waals surface area contributed by atoms with E-state index in [1.165, 1.54) is 6.07 Å². The first-order valence-corrected chi connectivity index (χ1v) is 7.00. The van der Waals surface area contributed by atoms with E-state index in [1.807, 2.05) is 31.2 Å². The van der Waals surface area contributed by atoms with Crippen LogP contribution in [0.15, 0.2) is 47.5 Å². The summed E-state index contributed by atoms with van der Waals surface area (Å²) in [6, 6.07) is 12.5. The van der Waals surface area contributed by atoms with Crippen LogP contribution in [-0.4, -0.2) is 24.5 Å². The molecule has 108 valence electrons. The molecule has 2 aromatic carbocycles. The molecule has 1 unspecified atom stereocenters. The molecule has 3 rings (SSSR count). The van der Waals surface area contributed by atoms with Gasteiger partial charge in [0.2, 0.25) is 0 Å². The van der Waals surface area contributed by atoms with Gasteiger partial charge in [0.25, 0.3) is 5.69 Å². The molecule has 2 radical (unpaired) electrons. The minimum Gasteiger partial charge on any atom is -0.375 e. The average molecular weight is 291 g/mol. The van der Waals surface area contributed by atoms with Crippen molar-refractivity contribution in [2.24, 2.45) is 4.99 Å². The van der Waals surface area contributed by atoms with E-state index < -0.39 is 4.92 Å². The molecule has 0 saturated heterocycles. The van der Waals surface area contributed by atoms with E-state index in [4.69, 9.17) is 7.85 Å². The number of nitro benzene ring substituents is 1. The molecule has 6 heteroatoms. The lowest BCUT2D eigenvalue weighted by Gasteiger charge is -2.27. The van der Waals surface area contributed by atoms with E-state index in [-0.39, 0.29) is 11.7 Å². The van der Waals surface area contributed by atoms with Gasteiger partial charge in [0, 0.05) is 11.6 Å². The molecule has 0 aliphatic carbocycles. The minimum atomic E-state index is -0.414. The summed E-state index contributed by atoms with van der Waals surface area (Å²) in [4.78, 5) is 15.4. The molecule has 1 heterocycles. The van der Waals surface area contributed by atoms with E-state index in [9.17, 15) is 10.1 Å². The lowest BCUT2D eigenvalue weighted by molar-refractivity contribution is -0.384. The lowest BCUT2D eigenvalue weighted by atomic mass is 9.87. The number of nitrogens with zero attached hydrogens (tertiary/aromatic N) is 2. The van der Waals surface area contributed by atoms with Crippen molar-refractivity contribution in [3.8, 4) is 0 Å². The van der Waals surface area contributed by atoms with Crippen molar-refractivity contribution in [2.75, 3.05) is 5.32 Å². The number of benzene rings is 2. The molecule has 1 N–H and O–H groups in total. The van der Waals surface area contributed by atoms with Crippen LogP contribution in [0.1, 0.15) is 11.1 Å². The fourth-order valence-corrected chi connectivity index (χ4v) is 2.65. The largest absolute Gasteiger partial charge is 0.375 e. The van der Waals surface area contributed by atoms with Crippen LogP contribution in [0.2, 0.25) is 6.32 Å². The van der Waals surface area contributed by atoms with Crippen molar-refractivity contribution in [2.45, 2.75) is 19.3 Å². The first-order chi connectivity index (χ1) is 10.6. The lowest BCUT2D eigenvalue weighted by Crippen LogP contribution is -2.32. The van der Waals surface area contributed by atoms with Crippen LogP contribution >= 0.6 is 0 Å². The summed E-state index contributed by atoms with van der Waals surface area (Å²) in [6.07, 6.45) is 0.356. The van der Waals surface area contributed by atoms with Gasteiger partial charge in [-0.2, -0.15) is 0 Å². The Labute approximate surface area is 129 Å². The smallest absolute Gasteiger partial charge is 0.296 e. The highest BCUT2D eigenvalue weighted by Crippen LogP contribution is 2.39. The van der Waals surface area contributed by atoms with Gasteiger partial charge in [0.15, 0.2) is 5.69 Å². The molecule has 0 amide bonds. The summed E-state index contributed by atoms with van der Waals surface area (Å²) in [6.45, 7) is 1.99. The molecule has 0 bridgehead atoms. The normalized spacial score (nSPS) is 16.4. The molecular formula is C16H14BN3O2. The topological polar surface area (TPSA) is 67.5 Å². The molecule has 0 fully saturated rings. The van der Waals surface area contributed by atoms with Crippen molar-refractivity contribution in [1.82, 2.24) is 0 Å². The predicted molar refractivity (Wildman–Crippen MR) is 88.4 cm³/mol. The van der Waals surface area contributed by atoms with E-state index in [2.05, 4.69) is 10.3 Å². The second-order valence-corrected chi connectivity index (χ2v) is 5.18. The molecule has 1 aliphatic rings. The van der Waals surface area contributed by atoms with Crippen LogP contribution in [0, 0.1) is 17.0 Å². The summed E-state index contributed by atoms with van der Waals surface area (Å²) >= 11 is 0. The molecule has 5 nitrogen and oxygen atoms in total. The zero-order valence-electron chi connectivity index (χ0n) is 12.1. The maximum atomic E-state index is 11.2. The first-order valence-electron chi connectivity index (χ1n) is 7.00. The highest BCUT2D eigenvalue weighted by atomic mass is 16.6. The first kappa shape index (κ1) is 14.3. The average Bonchev–Trinajstić information content (AvgIpc) is 2.53. The summed E-state index contributed by atoms with van der Waals surface area (Å²) < 4.78 is 0. The van der Waals surface area contributed by atoms with Gasteiger partial charge >= 0.3 is 0 Å². The number of nitrogens with one attached hydrogen (secondary N) is 1. The number of hydrogen-bond donors (Lipinski definition) is 1. The summed E-state index contributed by atoms with van der Waals surface area (Å²) in [7, 11) is 5.86. The number of aliphatic imine (C=N–C) groups is 1. The molecule has 1 atom stereocenters. The Morgan fingerprint density at radius 1 is 1.27 bits per heavy atom. The Kier molecular flexibility index (Phi) is 3.67. The third-order valence-corrected chi connectivity index (χ3v) is 3.76. The van der Waals surface area contributed by atoms with Crippen molar-refractivity contribution >= 4 is 30.6 Å². The Hall–Kier alpha value is -2.63. The number of para-hydroxylation sites is 1. The molecule has 2 aromatic rings. The van der Waals surface area contributed by atoms with Crippen LogP contribution in [0.25, 0.3) is 0 Å². The van der Waals surface area contributed by atoms with Crippen LogP contribution in [-0.2, 0) is 0 Å². The van der Waals surface area contributed by atoms with E-state index in [0.29, 0.717) is 17.7 Å². The summed E-state index contributed by atoms with van der Waals surface area (Å²) in [5, 5.41) is 14.5. The van der Waals surface area contributed by atoms with Crippen molar-refractivity contribution < 1.29 is 4.92 Å². The zero-order valence-corrected chi connectivity index (χ0v) is 12.1. The van der Waals surface area contributed by atoms with Crippen LogP contribution in [0.3, 0.4) is 0 Å². The Balaban J connectivity index is 2.21. The van der Waals surface area contributed by atoms with E-state index >= 15 is 0 Å². The highest BCUT2D eigenvalue weighted by Gasteiger charge is 2.27. The molecule has 0 aromatic heterocycles. The van der Waals surface area contributed by atoms with Crippen molar-refractivity contribution in [3.63, 3.8) is 0 Å². The van der Waals surface area contributed by atoms with E-state index in [0.717, 1.165) is 16.8 Å². The van der Waals surface area contributed by atoms with Gasteiger partial charge in [-0.3, -0.25) is 10.1 Å². The van der Waals surface area contributed by atoms with Gasteiger partial charge in [-0.15, -0.1) is 0 Å². The third-order valence-electron chi connectivity index (χ3n) is 3.76. The van der Waals surface area contributed by atoms with Crippen LogP contribution in [0.5, 0.6) is 0 Å². The van der Waals surface area contributed by atoms with Gasteiger partial charge in [0.05, 0.1) is 30.2 Å². The number of nitro groups is 1. The molecular weight excluding hydrogens is 277 g/mol. The van der Waals surface area contributed by atoms with Gasteiger partial charge in [-0.1, -0.05) is 36.7 Å². The third kappa shape index (κ3) is 2.37. The molecule has 22 heavy (non-hydrogen) atoms. The van der Waals surface area contributed by atoms with Crippen molar-refractivity contribution in [3.05, 3.63) is 63.7 Å². The Morgan fingerprint density at radius 2 is 2.05 bits per heavy atom. The molecule has 1 aliphatic heterocycles. The SMILES string of the molecule is [B]CC1Nc2cccc([N+](=O)[O-])c2N=C1c1ccccc1C. The fourth-order valence-electron chi connectivity index (χ4n) is 2.65. The number of fused-ring (bicyclic) bond motifs is 1. The monoisotopic (exact) mass is 291 g/mol. The molecule has 0 spiro atoms. The van der Waals surface area contributed by atoms with Gasteiger partial charge < -0.3 is 5.32 Å². The standard InChI is InChI=1S/C16H14BN3O2/c1-10-5-2-3-6-11(10)15-13(9-17)18-12-7-4-8-14(20(21)22)16(12)19-15/h2-8,13,18H,9H2,1H3. The number of hydrogen-bond acceptors (Lipinski definition) is 4. The summed E-state index contributed by atoms with van der Waals surface area (Å²) in [5.41, 5.74) is 3.74. The van der Waals surface area contributed by atoms with Gasteiger partial charge in [-0.25, -0.2) is 4.99 Å². The number of anilines is 1. The zero-order chi connectivity index (χ0) is 15.7. The second-order valence-electron chi connectivity index (χ2n) is 5.18. The van der Waals surface area contributed by atoms with Crippen molar-refractivity contribution in [1.29, 1.82) is 0 Å². The molecule has 0 saturated carbocycles. The fraction of sp³-hybridized carbons (Fsp3) is 0.188. The van der Waals surface area contributed by atoms with E-state index in [1.54, 1.807) is 12.1 Å². The maximum absolute atomic E-state index is 11.2.